The van der Waals surface area contributed by atoms with Crippen LogP contribution in [0.5, 0.6) is 17.2 Å². The summed E-state index contributed by atoms with van der Waals surface area (Å²) in [5.41, 5.74) is 2.28. The summed E-state index contributed by atoms with van der Waals surface area (Å²) in [5.74, 6) is 0.829. The smallest absolute Gasteiger partial charge is 0.251 e. The van der Waals surface area contributed by atoms with Gasteiger partial charge in [0, 0.05) is 31.3 Å². The lowest BCUT2D eigenvalue weighted by molar-refractivity contribution is -0.116. The van der Waals surface area contributed by atoms with Crippen LogP contribution in [0.4, 0.5) is 5.69 Å². The topological polar surface area (TPSA) is 77.1 Å². The van der Waals surface area contributed by atoms with E-state index in [-0.39, 0.29) is 11.8 Å². The summed E-state index contributed by atoms with van der Waals surface area (Å²) in [7, 11) is 4.48. The average molecular weight is 386 g/mol. The molecule has 2 amide bonds. The van der Waals surface area contributed by atoms with E-state index in [9.17, 15) is 9.59 Å². The monoisotopic (exact) mass is 386 g/mol. The number of methoxy groups -OCH3 is 3. The second-order valence-electron chi connectivity index (χ2n) is 6.18. The van der Waals surface area contributed by atoms with Gasteiger partial charge in [-0.2, -0.15) is 0 Å². The molecule has 1 N–H and O–H groups in total. The molecule has 0 unspecified atom stereocenters. The Morgan fingerprint density at radius 3 is 2.00 bits per heavy atom. The van der Waals surface area contributed by atoms with Crippen LogP contribution in [0.2, 0.25) is 0 Å². The summed E-state index contributed by atoms with van der Waals surface area (Å²) in [6, 6.07) is 10.8. The number of ether oxygens (including phenoxy) is 3. The van der Waals surface area contributed by atoms with Crippen molar-refractivity contribution in [2.75, 3.05) is 39.3 Å². The van der Waals surface area contributed by atoms with Gasteiger partial charge in [0.2, 0.25) is 11.7 Å². The number of hydrogen-bond acceptors (Lipinski definition) is 5. The van der Waals surface area contributed by atoms with Gasteiger partial charge in [0.1, 0.15) is 0 Å². The van der Waals surface area contributed by atoms with E-state index in [4.69, 9.17) is 14.2 Å². The van der Waals surface area contributed by atoms with Gasteiger partial charge < -0.3 is 24.4 Å². The first kappa shape index (κ1) is 21.1. The Morgan fingerprint density at radius 1 is 0.964 bits per heavy atom. The van der Waals surface area contributed by atoms with Crippen LogP contribution < -0.4 is 24.4 Å². The van der Waals surface area contributed by atoms with Crippen molar-refractivity contribution in [2.45, 2.75) is 13.8 Å². The summed E-state index contributed by atoms with van der Waals surface area (Å²) >= 11 is 0. The molecule has 0 spiro atoms. The molecule has 0 heterocycles. The van der Waals surface area contributed by atoms with Crippen LogP contribution in [0.3, 0.4) is 0 Å². The molecule has 0 aliphatic rings. The van der Waals surface area contributed by atoms with Gasteiger partial charge in [0.05, 0.1) is 21.3 Å². The molecule has 0 fully saturated rings. The Kier molecular flexibility index (Phi) is 7.26. The molecule has 0 saturated heterocycles. The second kappa shape index (κ2) is 9.64. The van der Waals surface area contributed by atoms with Crippen molar-refractivity contribution in [2.24, 2.45) is 0 Å². The maximum Gasteiger partial charge on any atom is 0.251 e. The first-order valence-corrected chi connectivity index (χ1v) is 8.84. The van der Waals surface area contributed by atoms with Crippen molar-refractivity contribution >= 4 is 17.5 Å². The van der Waals surface area contributed by atoms with Crippen LogP contribution in [0.25, 0.3) is 0 Å². The molecule has 0 aromatic heterocycles. The third-order valence-corrected chi connectivity index (χ3v) is 4.27. The molecule has 0 radical (unpaired) electrons. The van der Waals surface area contributed by atoms with Crippen molar-refractivity contribution in [3.63, 3.8) is 0 Å². The summed E-state index contributed by atoms with van der Waals surface area (Å²) in [6.07, 6.45) is 0. The Bertz CT molecular complexity index is 808. The van der Waals surface area contributed by atoms with Crippen molar-refractivity contribution < 1.29 is 23.8 Å². The molecule has 0 aliphatic carbocycles. The fraction of sp³-hybridized carbons (Fsp3) is 0.333. The van der Waals surface area contributed by atoms with Crippen molar-refractivity contribution in [1.82, 2.24) is 5.32 Å². The third-order valence-electron chi connectivity index (χ3n) is 4.27. The number of rotatable bonds is 8. The van der Waals surface area contributed by atoms with Gasteiger partial charge >= 0.3 is 0 Å². The van der Waals surface area contributed by atoms with Crippen LogP contribution in [0.1, 0.15) is 22.8 Å². The fourth-order valence-corrected chi connectivity index (χ4v) is 2.79. The average Bonchev–Trinajstić information content (AvgIpc) is 2.70. The van der Waals surface area contributed by atoms with E-state index in [1.165, 1.54) is 28.3 Å². The van der Waals surface area contributed by atoms with E-state index < -0.39 is 0 Å². The summed E-state index contributed by atoms with van der Waals surface area (Å²) in [6.45, 7) is 4.14. The maximum absolute atomic E-state index is 12.5. The molecule has 0 saturated carbocycles. The number of amides is 2. The van der Waals surface area contributed by atoms with Crippen molar-refractivity contribution in [3.8, 4) is 17.2 Å². The Labute approximate surface area is 165 Å². The largest absolute Gasteiger partial charge is 0.493 e. The first-order valence-electron chi connectivity index (χ1n) is 8.84. The Balaban J connectivity index is 2.08. The lowest BCUT2D eigenvalue weighted by atomic mass is 10.1. The lowest BCUT2D eigenvalue weighted by Crippen LogP contribution is -2.37. The standard InChI is InChI=1S/C21H26N2O5/c1-14-6-8-17(9-7-14)23(15(2)24)11-10-22-21(25)16-12-18(26-3)20(28-5)19(13-16)27-4/h6-9,12-13H,10-11H2,1-5H3,(H,22,25). The highest BCUT2D eigenvalue weighted by Gasteiger charge is 2.17. The zero-order valence-electron chi connectivity index (χ0n) is 16.9. The van der Waals surface area contributed by atoms with Crippen LogP contribution in [0, 0.1) is 6.92 Å². The molecule has 2 rings (SSSR count). The van der Waals surface area contributed by atoms with E-state index in [1.54, 1.807) is 17.0 Å². The normalized spacial score (nSPS) is 10.2. The fourth-order valence-electron chi connectivity index (χ4n) is 2.79. The number of benzene rings is 2. The number of nitrogens with zero attached hydrogens (tertiary/aromatic N) is 1. The predicted octanol–water partition coefficient (Wildman–Crippen LogP) is 2.80. The second-order valence-corrected chi connectivity index (χ2v) is 6.18. The Morgan fingerprint density at radius 2 is 1.54 bits per heavy atom. The zero-order chi connectivity index (χ0) is 20.7. The highest BCUT2D eigenvalue weighted by molar-refractivity contribution is 5.96. The van der Waals surface area contributed by atoms with Gasteiger partial charge in [-0.25, -0.2) is 0 Å². The number of nitrogens with one attached hydrogen (secondary N) is 1. The highest BCUT2D eigenvalue weighted by Crippen LogP contribution is 2.38. The predicted molar refractivity (Wildman–Crippen MR) is 108 cm³/mol. The number of carbonyl (C=O) groups excluding carboxylic acids is 2. The van der Waals surface area contributed by atoms with Crippen LogP contribution in [0.15, 0.2) is 36.4 Å². The van der Waals surface area contributed by atoms with Crippen LogP contribution >= 0.6 is 0 Å². The zero-order valence-corrected chi connectivity index (χ0v) is 16.9. The van der Waals surface area contributed by atoms with E-state index >= 15 is 0 Å². The number of anilines is 1. The van der Waals surface area contributed by atoms with Gasteiger partial charge in [-0.05, 0) is 31.2 Å². The van der Waals surface area contributed by atoms with E-state index in [0.29, 0.717) is 35.9 Å². The minimum absolute atomic E-state index is 0.0918. The molecule has 0 bridgehead atoms. The van der Waals surface area contributed by atoms with Gasteiger partial charge in [0.25, 0.3) is 5.91 Å². The van der Waals surface area contributed by atoms with Gasteiger partial charge in [-0.1, -0.05) is 17.7 Å². The van der Waals surface area contributed by atoms with Crippen molar-refractivity contribution in [3.05, 3.63) is 47.5 Å². The maximum atomic E-state index is 12.5. The summed E-state index contributed by atoms with van der Waals surface area (Å²) in [5, 5.41) is 2.82. The molecule has 150 valence electrons. The summed E-state index contributed by atoms with van der Waals surface area (Å²) in [4.78, 5) is 26.1. The molecule has 2 aromatic carbocycles. The summed E-state index contributed by atoms with van der Waals surface area (Å²) < 4.78 is 15.8. The van der Waals surface area contributed by atoms with E-state index in [0.717, 1.165) is 11.3 Å². The lowest BCUT2D eigenvalue weighted by Gasteiger charge is -2.21. The van der Waals surface area contributed by atoms with Crippen molar-refractivity contribution in [1.29, 1.82) is 0 Å². The number of carbonyl (C=O) groups is 2. The minimum Gasteiger partial charge on any atom is -0.493 e. The molecule has 7 nitrogen and oxygen atoms in total. The van der Waals surface area contributed by atoms with E-state index in [1.807, 2.05) is 31.2 Å². The molecule has 0 atom stereocenters. The van der Waals surface area contributed by atoms with Crippen LogP contribution in [-0.2, 0) is 4.79 Å². The number of hydrogen-bond donors (Lipinski definition) is 1. The minimum atomic E-state index is -0.299. The quantitative estimate of drug-likeness (QED) is 0.755. The molecule has 0 aliphatic heterocycles. The van der Waals surface area contributed by atoms with E-state index in [2.05, 4.69) is 5.32 Å². The SMILES string of the molecule is COc1cc(C(=O)NCCN(C(C)=O)c2ccc(C)cc2)cc(OC)c1OC. The molecular weight excluding hydrogens is 360 g/mol. The molecule has 28 heavy (non-hydrogen) atoms. The molecular formula is C21H26N2O5. The number of aryl methyl sites for hydroxylation is 1. The first-order chi connectivity index (χ1) is 13.4. The molecule has 7 heteroatoms. The Hall–Kier alpha value is -3.22. The van der Waals surface area contributed by atoms with Gasteiger partial charge in [-0.15, -0.1) is 0 Å². The highest BCUT2D eigenvalue weighted by atomic mass is 16.5. The third kappa shape index (κ3) is 4.94. The van der Waals surface area contributed by atoms with Crippen LogP contribution in [-0.4, -0.2) is 46.2 Å². The van der Waals surface area contributed by atoms with Gasteiger partial charge in [0.15, 0.2) is 11.5 Å². The van der Waals surface area contributed by atoms with Gasteiger partial charge in [-0.3, -0.25) is 9.59 Å². The molecule has 2 aromatic rings.